The van der Waals surface area contributed by atoms with Gasteiger partial charge in [-0.3, -0.25) is 9.59 Å². The Bertz CT molecular complexity index is 841. The monoisotopic (exact) mass is 383 g/mol. The molecule has 0 atom stereocenters. The summed E-state index contributed by atoms with van der Waals surface area (Å²) in [6.07, 6.45) is 1.95. The van der Waals surface area contributed by atoms with E-state index < -0.39 is 0 Å². The second-order valence-electron chi connectivity index (χ2n) is 7.10. The first kappa shape index (κ1) is 17.9. The number of hydrogen-bond acceptors (Lipinski definition) is 3. The molecule has 27 heavy (non-hydrogen) atoms. The molecule has 0 radical (unpaired) electrons. The third-order valence-corrected chi connectivity index (χ3v) is 5.32. The lowest BCUT2D eigenvalue weighted by Gasteiger charge is -2.36. The molecule has 2 amide bonds. The molecule has 0 aromatic heterocycles. The minimum absolute atomic E-state index is 0.0285. The van der Waals surface area contributed by atoms with Gasteiger partial charge < -0.3 is 15.1 Å². The summed E-state index contributed by atoms with van der Waals surface area (Å²) in [6, 6.07) is 15.0. The van der Waals surface area contributed by atoms with E-state index in [1.807, 2.05) is 29.2 Å². The average molecular weight is 384 g/mol. The standard InChI is InChI=1S/C21H22ClN3O2/c22-17-2-1-3-19(14-17)24-10-12-25(13-11-24)21(27)16-6-8-18(9-7-16)23-20(26)15-4-5-15/h1-3,6-9,14-15H,4-5,10-13H2,(H,23,26). The fraction of sp³-hybridized carbons (Fsp3) is 0.333. The molecule has 1 aliphatic heterocycles. The quantitative estimate of drug-likeness (QED) is 0.876. The van der Waals surface area contributed by atoms with Crippen molar-refractivity contribution in [3.63, 3.8) is 0 Å². The van der Waals surface area contributed by atoms with E-state index in [0.717, 1.165) is 42.3 Å². The van der Waals surface area contributed by atoms with Crippen molar-refractivity contribution < 1.29 is 9.59 Å². The Kier molecular flexibility index (Phi) is 5.03. The van der Waals surface area contributed by atoms with Crippen molar-refractivity contribution in [2.24, 2.45) is 5.92 Å². The lowest BCUT2D eigenvalue weighted by Crippen LogP contribution is -2.48. The van der Waals surface area contributed by atoms with Gasteiger partial charge in [-0.25, -0.2) is 0 Å². The van der Waals surface area contributed by atoms with Crippen LogP contribution in [0.5, 0.6) is 0 Å². The van der Waals surface area contributed by atoms with E-state index in [4.69, 9.17) is 11.6 Å². The summed E-state index contributed by atoms with van der Waals surface area (Å²) in [7, 11) is 0. The third-order valence-electron chi connectivity index (χ3n) is 5.09. The van der Waals surface area contributed by atoms with Gasteiger partial charge in [0.15, 0.2) is 0 Å². The van der Waals surface area contributed by atoms with E-state index >= 15 is 0 Å². The molecule has 1 N–H and O–H groups in total. The van der Waals surface area contributed by atoms with Crippen molar-refractivity contribution in [1.29, 1.82) is 0 Å². The normalized spacial score (nSPS) is 16.9. The maximum atomic E-state index is 12.7. The molecule has 2 aromatic rings. The van der Waals surface area contributed by atoms with Gasteiger partial charge in [-0.15, -0.1) is 0 Å². The largest absolute Gasteiger partial charge is 0.368 e. The van der Waals surface area contributed by atoms with Gasteiger partial charge >= 0.3 is 0 Å². The summed E-state index contributed by atoms with van der Waals surface area (Å²) >= 11 is 6.07. The van der Waals surface area contributed by atoms with Crippen molar-refractivity contribution >= 4 is 34.8 Å². The number of carbonyl (C=O) groups is 2. The molecular formula is C21H22ClN3O2. The van der Waals surface area contributed by atoms with Crippen LogP contribution in [0.3, 0.4) is 0 Å². The first-order valence-corrected chi connectivity index (χ1v) is 9.69. The Morgan fingerprint density at radius 2 is 1.67 bits per heavy atom. The first-order valence-electron chi connectivity index (χ1n) is 9.31. The first-order chi connectivity index (χ1) is 13.1. The molecule has 1 aliphatic carbocycles. The summed E-state index contributed by atoms with van der Waals surface area (Å²) in [6.45, 7) is 2.90. The summed E-state index contributed by atoms with van der Waals surface area (Å²) in [5.74, 6) is 0.272. The maximum Gasteiger partial charge on any atom is 0.253 e. The van der Waals surface area contributed by atoms with Gasteiger partial charge in [0, 0.05) is 54.1 Å². The number of nitrogens with zero attached hydrogens (tertiary/aromatic N) is 2. The number of halogens is 1. The minimum Gasteiger partial charge on any atom is -0.368 e. The fourth-order valence-corrected chi connectivity index (χ4v) is 3.49. The molecule has 0 spiro atoms. The predicted octanol–water partition coefficient (Wildman–Crippen LogP) is 3.65. The molecule has 4 rings (SSSR count). The lowest BCUT2D eigenvalue weighted by molar-refractivity contribution is -0.117. The van der Waals surface area contributed by atoms with Crippen LogP contribution in [-0.2, 0) is 4.79 Å². The van der Waals surface area contributed by atoms with Gasteiger partial charge in [-0.2, -0.15) is 0 Å². The zero-order valence-electron chi connectivity index (χ0n) is 15.0. The van der Waals surface area contributed by atoms with Crippen molar-refractivity contribution in [2.75, 3.05) is 36.4 Å². The molecule has 1 saturated carbocycles. The molecule has 0 unspecified atom stereocenters. The number of piperazine rings is 1. The van der Waals surface area contributed by atoms with Crippen LogP contribution in [0.4, 0.5) is 11.4 Å². The Morgan fingerprint density at radius 3 is 2.30 bits per heavy atom. The number of benzene rings is 2. The highest BCUT2D eigenvalue weighted by atomic mass is 35.5. The molecule has 2 aliphatic rings. The highest BCUT2D eigenvalue weighted by molar-refractivity contribution is 6.30. The van der Waals surface area contributed by atoms with Gasteiger partial charge in [-0.1, -0.05) is 17.7 Å². The fourth-order valence-electron chi connectivity index (χ4n) is 3.31. The number of carbonyl (C=O) groups excluding carboxylic acids is 2. The minimum atomic E-state index is 0.0285. The van der Waals surface area contributed by atoms with Gasteiger partial charge in [0.1, 0.15) is 0 Å². The van der Waals surface area contributed by atoms with Crippen LogP contribution in [0.15, 0.2) is 48.5 Å². The van der Waals surface area contributed by atoms with Gasteiger partial charge in [-0.05, 0) is 55.3 Å². The van der Waals surface area contributed by atoms with Crippen LogP contribution in [0.2, 0.25) is 5.02 Å². The van der Waals surface area contributed by atoms with E-state index in [0.29, 0.717) is 18.7 Å². The zero-order valence-corrected chi connectivity index (χ0v) is 15.8. The third kappa shape index (κ3) is 4.25. The molecule has 140 valence electrons. The Balaban J connectivity index is 1.34. The topological polar surface area (TPSA) is 52.7 Å². The van der Waals surface area contributed by atoms with E-state index in [-0.39, 0.29) is 17.7 Å². The lowest BCUT2D eigenvalue weighted by atomic mass is 10.1. The van der Waals surface area contributed by atoms with Crippen molar-refractivity contribution in [3.05, 3.63) is 59.1 Å². The second-order valence-corrected chi connectivity index (χ2v) is 7.54. The van der Waals surface area contributed by atoms with E-state index in [9.17, 15) is 9.59 Å². The zero-order chi connectivity index (χ0) is 18.8. The molecule has 2 fully saturated rings. The van der Waals surface area contributed by atoms with Crippen molar-refractivity contribution in [2.45, 2.75) is 12.8 Å². The smallest absolute Gasteiger partial charge is 0.253 e. The molecular weight excluding hydrogens is 362 g/mol. The molecule has 5 nitrogen and oxygen atoms in total. The van der Waals surface area contributed by atoms with E-state index in [2.05, 4.69) is 10.2 Å². The number of anilines is 2. The maximum absolute atomic E-state index is 12.7. The molecule has 2 aromatic carbocycles. The average Bonchev–Trinajstić information content (AvgIpc) is 3.54. The molecule has 1 heterocycles. The van der Waals surface area contributed by atoms with Crippen molar-refractivity contribution in [1.82, 2.24) is 4.90 Å². The molecule has 0 bridgehead atoms. The van der Waals surface area contributed by atoms with Gasteiger partial charge in [0.25, 0.3) is 5.91 Å². The van der Waals surface area contributed by atoms with Crippen LogP contribution in [0.25, 0.3) is 0 Å². The Labute approximate surface area is 163 Å². The van der Waals surface area contributed by atoms with Crippen LogP contribution in [0.1, 0.15) is 23.2 Å². The highest BCUT2D eigenvalue weighted by Gasteiger charge is 2.29. The van der Waals surface area contributed by atoms with E-state index in [1.165, 1.54) is 0 Å². The Hall–Kier alpha value is -2.53. The summed E-state index contributed by atoms with van der Waals surface area (Å²) in [5, 5.41) is 3.62. The second kappa shape index (κ2) is 7.61. The number of nitrogens with one attached hydrogen (secondary N) is 1. The molecule has 1 saturated heterocycles. The number of hydrogen-bond donors (Lipinski definition) is 1. The van der Waals surface area contributed by atoms with Crippen LogP contribution < -0.4 is 10.2 Å². The van der Waals surface area contributed by atoms with Crippen molar-refractivity contribution in [3.8, 4) is 0 Å². The Morgan fingerprint density at radius 1 is 0.963 bits per heavy atom. The highest BCUT2D eigenvalue weighted by Crippen LogP contribution is 2.30. The SMILES string of the molecule is O=C(Nc1ccc(C(=O)N2CCN(c3cccc(Cl)c3)CC2)cc1)C1CC1. The van der Waals surface area contributed by atoms with Crippen LogP contribution in [0, 0.1) is 5.92 Å². The summed E-state index contributed by atoms with van der Waals surface area (Å²) in [4.78, 5) is 28.7. The predicted molar refractivity (Wildman–Crippen MR) is 107 cm³/mol. The van der Waals surface area contributed by atoms with Gasteiger partial charge in [0.05, 0.1) is 0 Å². The van der Waals surface area contributed by atoms with Gasteiger partial charge in [0.2, 0.25) is 5.91 Å². The molecule has 6 heteroatoms. The summed E-state index contributed by atoms with van der Waals surface area (Å²) < 4.78 is 0. The van der Waals surface area contributed by atoms with Crippen LogP contribution >= 0.6 is 11.6 Å². The number of rotatable bonds is 4. The summed E-state index contributed by atoms with van der Waals surface area (Å²) in [5.41, 5.74) is 2.48. The van der Waals surface area contributed by atoms with E-state index in [1.54, 1.807) is 24.3 Å². The van der Waals surface area contributed by atoms with Crippen LogP contribution in [-0.4, -0.2) is 42.9 Å². The number of amides is 2.